The molecule has 2 atom stereocenters. The van der Waals surface area contributed by atoms with Gasteiger partial charge in [-0.1, -0.05) is 190 Å². The zero-order chi connectivity index (χ0) is 40.0. The topological polar surface area (TPSA) is 3.24 Å². The van der Waals surface area contributed by atoms with Crippen molar-refractivity contribution < 1.29 is 0 Å². The summed E-state index contributed by atoms with van der Waals surface area (Å²) in [5.41, 5.74) is 16.5. The van der Waals surface area contributed by atoms with Crippen molar-refractivity contribution in [1.29, 1.82) is 0 Å². The van der Waals surface area contributed by atoms with E-state index in [9.17, 15) is 0 Å². The normalized spacial score (nSPS) is 17.1. The van der Waals surface area contributed by atoms with Crippen molar-refractivity contribution >= 4 is 49.8 Å². The number of para-hydroxylation sites is 1. The Labute approximate surface area is 351 Å². The van der Waals surface area contributed by atoms with Crippen LogP contribution in [0.3, 0.4) is 0 Å². The Balaban J connectivity index is 1.14. The van der Waals surface area contributed by atoms with Crippen molar-refractivity contribution in [2.24, 2.45) is 5.92 Å². The number of nitrogens with zero attached hydrogens (tertiary/aromatic N) is 1. The van der Waals surface area contributed by atoms with Crippen LogP contribution in [-0.4, -0.2) is 6.04 Å². The third-order valence-electron chi connectivity index (χ3n) is 13.5. The first-order valence-corrected chi connectivity index (χ1v) is 21.3. The first kappa shape index (κ1) is 34.8. The molecule has 0 N–H and O–H groups in total. The van der Waals surface area contributed by atoms with Crippen LogP contribution in [0.4, 0.5) is 11.4 Å². The van der Waals surface area contributed by atoms with Gasteiger partial charge >= 0.3 is 0 Å². The average Bonchev–Trinajstić information content (AvgIpc) is 3.41. The van der Waals surface area contributed by atoms with E-state index in [4.69, 9.17) is 0 Å². The van der Waals surface area contributed by atoms with Gasteiger partial charge in [0, 0.05) is 22.7 Å². The molecule has 1 aliphatic heterocycles. The standard InChI is InChI=1S/C59H43N/c1-59(2)52-27-15-14-26-49(52)58-45-23-11-10-22-44(45)51(37-53(58)59)57-47-25-13-12-24-46(47)56(39-18-5-3-6-19-39)48-33-31-41(36-50(48)57)40-32-34-55-42(35-40)30-29-38-17-9-16-28-54(38)60(55)43-20-7-4-8-21-43/h3-38,54H,1-2H3. The van der Waals surface area contributed by atoms with Crippen LogP contribution in [0.25, 0.3) is 82.9 Å². The van der Waals surface area contributed by atoms with Crippen LogP contribution >= 0.6 is 0 Å². The molecular weight excluding hydrogens is 723 g/mol. The summed E-state index contributed by atoms with van der Waals surface area (Å²) in [6.07, 6.45) is 13.8. The van der Waals surface area contributed by atoms with Crippen molar-refractivity contribution in [1.82, 2.24) is 0 Å². The van der Waals surface area contributed by atoms with E-state index in [1.807, 2.05) is 0 Å². The summed E-state index contributed by atoms with van der Waals surface area (Å²) < 4.78 is 0. The maximum absolute atomic E-state index is 2.54. The molecule has 0 amide bonds. The molecule has 9 aromatic carbocycles. The van der Waals surface area contributed by atoms with Crippen LogP contribution in [0, 0.1) is 5.92 Å². The second-order valence-corrected chi connectivity index (χ2v) is 17.2. The lowest BCUT2D eigenvalue weighted by Crippen LogP contribution is -2.35. The highest BCUT2D eigenvalue weighted by molar-refractivity contribution is 6.25. The molecule has 60 heavy (non-hydrogen) atoms. The van der Waals surface area contributed by atoms with Crippen LogP contribution in [0.2, 0.25) is 0 Å². The zero-order valence-corrected chi connectivity index (χ0v) is 33.8. The lowest BCUT2D eigenvalue weighted by Gasteiger charge is -2.35. The minimum absolute atomic E-state index is 0.141. The van der Waals surface area contributed by atoms with E-state index >= 15 is 0 Å². The third-order valence-corrected chi connectivity index (χ3v) is 13.5. The van der Waals surface area contributed by atoms with Gasteiger partial charge in [0.15, 0.2) is 0 Å². The summed E-state index contributed by atoms with van der Waals surface area (Å²) >= 11 is 0. The summed E-state index contributed by atoms with van der Waals surface area (Å²) in [5, 5.41) is 7.67. The Morgan fingerprint density at radius 1 is 0.417 bits per heavy atom. The molecule has 2 aliphatic carbocycles. The van der Waals surface area contributed by atoms with E-state index in [-0.39, 0.29) is 17.4 Å². The maximum atomic E-state index is 2.54. The van der Waals surface area contributed by atoms with Crippen LogP contribution < -0.4 is 4.90 Å². The van der Waals surface area contributed by atoms with Gasteiger partial charge in [-0.3, -0.25) is 0 Å². The van der Waals surface area contributed by atoms with E-state index < -0.39 is 0 Å². The number of benzene rings is 9. The van der Waals surface area contributed by atoms with Gasteiger partial charge in [-0.2, -0.15) is 0 Å². The molecule has 0 fully saturated rings. The SMILES string of the molecule is CC1(C)c2ccccc2-c2c1cc(-c1c3ccccc3c(-c3ccccc3)c3ccc(-c4ccc5c(c4)C=CC4C=CC=CC4N5c4ccccc4)cc13)c1ccccc21. The summed E-state index contributed by atoms with van der Waals surface area (Å²) in [5.74, 6) is 0.277. The van der Waals surface area contributed by atoms with E-state index in [0.717, 1.165) is 0 Å². The fourth-order valence-electron chi connectivity index (χ4n) is 10.7. The Kier molecular flexibility index (Phi) is 7.78. The number of hydrogen-bond donors (Lipinski definition) is 0. The second-order valence-electron chi connectivity index (χ2n) is 17.2. The van der Waals surface area contributed by atoms with E-state index in [1.165, 1.54) is 105 Å². The predicted octanol–water partition coefficient (Wildman–Crippen LogP) is 15.7. The second kappa shape index (κ2) is 13.4. The molecule has 0 bridgehead atoms. The largest absolute Gasteiger partial charge is 0.333 e. The molecule has 1 heterocycles. The van der Waals surface area contributed by atoms with Crippen molar-refractivity contribution in [3.05, 3.63) is 223 Å². The summed E-state index contributed by atoms with van der Waals surface area (Å²) in [7, 11) is 0. The molecule has 0 saturated heterocycles. The number of hydrogen-bond acceptors (Lipinski definition) is 1. The van der Waals surface area contributed by atoms with Crippen LogP contribution in [0.15, 0.2) is 206 Å². The van der Waals surface area contributed by atoms with Crippen LogP contribution in [0.5, 0.6) is 0 Å². The number of fused-ring (bicyclic) bond motifs is 9. The molecule has 0 aromatic heterocycles. The Hall–Kier alpha value is -7.22. The smallest absolute Gasteiger partial charge is 0.0623 e. The van der Waals surface area contributed by atoms with Crippen molar-refractivity contribution in [2.75, 3.05) is 4.90 Å². The zero-order valence-electron chi connectivity index (χ0n) is 33.8. The van der Waals surface area contributed by atoms with E-state index in [2.05, 4.69) is 231 Å². The summed E-state index contributed by atoms with van der Waals surface area (Å²) in [6.45, 7) is 4.80. The monoisotopic (exact) mass is 765 g/mol. The van der Waals surface area contributed by atoms with Crippen molar-refractivity contribution in [3.8, 4) is 44.5 Å². The lowest BCUT2D eigenvalue weighted by molar-refractivity contribution is 0.661. The van der Waals surface area contributed by atoms with Gasteiger partial charge in [0.25, 0.3) is 0 Å². The van der Waals surface area contributed by atoms with Gasteiger partial charge in [0.05, 0.1) is 6.04 Å². The Morgan fingerprint density at radius 2 is 1.03 bits per heavy atom. The van der Waals surface area contributed by atoms with Crippen LogP contribution in [-0.2, 0) is 5.41 Å². The molecular formula is C59H43N. The summed E-state index contributed by atoms with van der Waals surface area (Å²) in [6, 6.07) is 66.0. The minimum atomic E-state index is -0.141. The molecule has 284 valence electrons. The Morgan fingerprint density at radius 3 is 1.83 bits per heavy atom. The van der Waals surface area contributed by atoms with Crippen molar-refractivity contribution in [3.63, 3.8) is 0 Å². The molecule has 0 spiro atoms. The first-order valence-electron chi connectivity index (χ1n) is 21.3. The quantitative estimate of drug-likeness (QED) is 0.161. The van der Waals surface area contributed by atoms with Gasteiger partial charge in [0.2, 0.25) is 0 Å². The van der Waals surface area contributed by atoms with Gasteiger partial charge in [-0.25, -0.2) is 0 Å². The van der Waals surface area contributed by atoms with Crippen molar-refractivity contribution in [2.45, 2.75) is 25.3 Å². The average molecular weight is 766 g/mol. The van der Waals surface area contributed by atoms with Gasteiger partial charge in [-0.15, -0.1) is 0 Å². The highest BCUT2D eigenvalue weighted by atomic mass is 15.2. The fraction of sp³-hybridized carbons (Fsp3) is 0.0847. The predicted molar refractivity (Wildman–Crippen MR) is 256 cm³/mol. The molecule has 9 aromatic rings. The molecule has 12 rings (SSSR count). The highest BCUT2D eigenvalue weighted by Crippen LogP contribution is 2.55. The van der Waals surface area contributed by atoms with Gasteiger partial charge in [-0.05, 0) is 130 Å². The van der Waals surface area contributed by atoms with Gasteiger partial charge < -0.3 is 4.90 Å². The fourth-order valence-corrected chi connectivity index (χ4v) is 10.7. The number of rotatable bonds is 4. The summed E-state index contributed by atoms with van der Waals surface area (Å²) in [4.78, 5) is 2.51. The first-order chi connectivity index (χ1) is 29.5. The molecule has 0 radical (unpaired) electrons. The maximum Gasteiger partial charge on any atom is 0.0623 e. The lowest BCUT2D eigenvalue weighted by atomic mass is 9.78. The third kappa shape index (κ3) is 5.19. The Bertz CT molecular complexity index is 3290. The molecule has 1 heteroatoms. The molecule has 3 aliphatic rings. The highest BCUT2D eigenvalue weighted by Gasteiger charge is 2.37. The van der Waals surface area contributed by atoms with Gasteiger partial charge in [0.1, 0.15) is 0 Å². The molecule has 2 unspecified atom stereocenters. The number of allylic oxidation sites excluding steroid dienone is 2. The molecule has 1 nitrogen and oxygen atoms in total. The van der Waals surface area contributed by atoms with Crippen LogP contribution in [0.1, 0.15) is 30.5 Å². The van der Waals surface area contributed by atoms with E-state index in [0.29, 0.717) is 0 Å². The van der Waals surface area contributed by atoms with E-state index in [1.54, 1.807) is 0 Å². The number of anilines is 2. The minimum Gasteiger partial charge on any atom is -0.333 e. The molecule has 0 saturated carbocycles.